The first-order valence-electron chi connectivity index (χ1n) is 10.6. The van der Waals surface area contributed by atoms with Crippen molar-refractivity contribution < 1.29 is 24.2 Å². The monoisotopic (exact) mass is 441 g/mol. The third kappa shape index (κ3) is 4.12. The highest BCUT2D eigenvalue weighted by molar-refractivity contribution is 7.10. The number of thiophene rings is 1. The number of nitrogens with zero attached hydrogens (tertiary/aromatic N) is 1. The minimum atomic E-state index is -0.659. The third-order valence-corrected chi connectivity index (χ3v) is 6.73. The number of aliphatic hydroxyl groups excluding tert-OH is 1. The van der Waals surface area contributed by atoms with Crippen LogP contribution in [0, 0.1) is 6.92 Å². The van der Waals surface area contributed by atoms with Crippen LogP contribution in [0.1, 0.15) is 47.9 Å². The fourth-order valence-corrected chi connectivity index (χ4v) is 5.14. The first-order chi connectivity index (χ1) is 14.9. The lowest BCUT2D eigenvalue weighted by atomic mass is 9.96. The zero-order valence-electron chi connectivity index (χ0n) is 18.0. The van der Waals surface area contributed by atoms with Crippen molar-refractivity contribution in [3.63, 3.8) is 0 Å². The number of rotatable bonds is 6. The van der Waals surface area contributed by atoms with E-state index in [4.69, 9.17) is 9.47 Å². The number of hydrogen-bond acceptors (Lipinski definition) is 6. The molecule has 1 amide bonds. The van der Waals surface area contributed by atoms with Crippen LogP contribution >= 0.6 is 11.3 Å². The molecule has 3 heterocycles. The molecule has 1 aromatic carbocycles. The lowest BCUT2D eigenvalue weighted by molar-refractivity contribution is -0.140. The summed E-state index contributed by atoms with van der Waals surface area (Å²) in [6.45, 7) is 7.08. The predicted molar refractivity (Wildman–Crippen MR) is 119 cm³/mol. The highest BCUT2D eigenvalue weighted by atomic mass is 32.1. The molecule has 0 bridgehead atoms. The standard InChI is InChI=1S/C24H27NO5S/c1-14(2)29-11-9-25-20(23-15(3)8-12-31-23)19(22(27)24(25)28)21(26)17-6-7-18-16(13-17)5-4-10-30-18/h6-8,12-14,20,26H,4-5,9-11H2,1-3H3/b21-19-. The number of carbonyl (C=O) groups is 2. The zero-order chi connectivity index (χ0) is 22.1. The molecule has 0 spiro atoms. The van der Waals surface area contributed by atoms with Gasteiger partial charge in [0.05, 0.1) is 30.9 Å². The second-order valence-corrected chi connectivity index (χ2v) is 9.10. The van der Waals surface area contributed by atoms with E-state index >= 15 is 0 Å². The number of carbonyl (C=O) groups excluding carboxylic acids is 2. The first-order valence-corrected chi connectivity index (χ1v) is 11.5. The third-order valence-electron chi connectivity index (χ3n) is 5.66. The topological polar surface area (TPSA) is 76.1 Å². The van der Waals surface area contributed by atoms with Crippen LogP contribution in [0.25, 0.3) is 5.76 Å². The molecule has 1 unspecified atom stereocenters. The van der Waals surface area contributed by atoms with Gasteiger partial charge in [0.25, 0.3) is 11.7 Å². The second kappa shape index (κ2) is 8.85. The number of amides is 1. The van der Waals surface area contributed by atoms with Crippen molar-refractivity contribution in [2.45, 2.75) is 45.8 Å². The van der Waals surface area contributed by atoms with E-state index < -0.39 is 17.7 Å². The highest BCUT2D eigenvalue weighted by Gasteiger charge is 2.46. The Labute approximate surface area is 186 Å². The predicted octanol–water partition coefficient (Wildman–Crippen LogP) is 4.23. The van der Waals surface area contributed by atoms with Gasteiger partial charge in [-0.25, -0.2) is 0 Å². The molecule has 1 saturated heterocycles. The Kier molecular flexibility index (Phi) is 6.16. The van der Waals surface area contributed by atoms with Gasteiger partial charge in [0.1, 0.15) is 11.5 Å². The Bertz CT molecular complexity index is 1040. The van der Waals surface area contributed by atoms with Crippen LogP contribution in [0.2, 0.25) is 0 Å². The maximum absolute atomic E-state index is 13.1. The van der Waals surface area contributed by atoms with Crippen molar-refractivity contribution in [1.82, 2.24) is 4.90 Å². The van der Waals surface area contributed by atoms with Crippen LogP contribution in [-0.4, -0.2) is 47.6 Å². The summed E-state index contributed by atoms with van der Waals surface area (Å²) in [5.41, 5.74) is 2.65. The van der Waals surface area contributed by atoms with Crippen LogP contribution in [-0.2, 0) is 20.7 Å². The molecular weight excluding hydrogens is 414 g/mol. The summed E-state index contributed by atoms with van der Waals surface area (Å²) >= 11 is 1.48. The molecule has 0 radical (unpaired) electrons. The number of aliphatic hydroxyl groups is 1. The van der Waals surface area contributed by atoms with Crippen LogP contribution in [0.15, 0.2) is 35.2 Å². The lowest BCUT2D eigenvalue weighted by Gasteiger charge is -2.25. The van der Waals surface area contributed by atoms with E-state index in [9.17, 15) is 14.7 Å². The number of benzene rings is 1. The lowest BCUT2D eigenvalue weighted by Crippen LogP contribution is -2.33. The van der Waals surface area contributed by atoms with Gasteiger partial charge in [0.2, 0.25) is 0 Å². The summed E-state index contributed by atoms with van der Waals surface area (Å²) < 4.78 is 11.3. The first kappa shape index (κ1) is 21.6. The summed E-state index contributed by atoms with van der Waals surface area (Å²) in [5, 5.41) is 13.2. The molecule has 2 aliphatic rings. The van der Waals surface area contributed by atoms with Gasteiger partial charge in [-0.1, -0.05) is 0 Å². The molecule has 4 rings (SSSR count). The number of ether oxygens (including phenoxy) is 2. The van der Waals surface area contributed by atoms with Crippen LogP contribution in [0.4, 0.5) is 0 Å². The Morgan fingerprint density at radius 2 is 2.13 bits per heavy atom. The van der Waals surface area contributed by atoms with Gasteiger partial charge in [-0.2, -0.15) is 0 Å². The number of likely N-dealkylation sites (tertiary alicyclic amines) is 1. The van der Waals surface area contributed by atoms with E-state index in [0.717, 1.165) is 34.6 Å². The van der Waals surface area contributed by atoms with Crippen molar-refractivity contribution in [3.05, 3.63) is 56.8 Å². The van der Waals surface area contributed by atoms with E-state index in [-0.39, 0.29) is 24.0 Å². The van der Waals surface area contributed by atoms with Gasteiger partial charge in [-0.3, -0.25) is 9.59 Å². The summed E-state index contributed by atoms with van der Waals surface area (Å²) in [6, 6.07) is 6.76. The SMILES string of the molecule is Cc1ccsc1C1/C(=C(/O)c2ccc3c(c2)CCCO3)C(=O)C(=O)N1CCOC(C)C. The van der Waals surface area contributed by atoms with Crippen LogP contribution in [0.3, 0.4) is 0 Å². The molecule has 1 aromatic heterocycles. The summed E-state index contributed by atoms with van der Waals surface area (Å²) in [5.74, 6) is -0.599. The fraction of sp³-hybridized carbons (Fsp3) is 0.417. The van der Waals surface area contributed by atoms with E-state index in [2.05, 4.69) is 0 Å². The van der Waals surface area contributed by atoms with Gasteiger partial charge in [0.15, 0.2) is 0 Å². The second-order valence-electron chi connectivity index (χ2n) is 8.15. The molecule has 1 N–H and O–H groups in total. The molecule has 0 aliphatic carbocycles. The van der Waals surface area contributed by atoms with Gasteiger partial charge in [-0.05, 0) is 74.4 Å². The summed E-state index contributed by atoms with van der Waals surface area (Å²) in [7, 11) is 0. The Morgan fingerprint density at radius 1 is 1.32 bits per heavy atom. The quantitative estimate of drug-likeness (QED) is 0.413. The number of ketones is 1. The summed E-state index contributed by atoms with van der Waals surface area (Å²) in [6.07, 6.45) is 1.79. The van der Waals surface area contributed by atoms with Crippen molar-refractivity contribution in [2.75, 3.05) is 19.8 Å². The highest BCUT2D eigenvalue weighted by Crippen LogP contribution is 2.42. The minimum Gasteiger partial charge on any atom is -0.507 e. The van der Waals surface area contributed by atoms with Gasteiger partial charge >= 0.3 is 0 Å². The average Bonchev–Trinajstić information content (AvgIpc) is 3.28. The molecule has 6 nitrogen and oxygen atoms in total. The molecule has 31 heavy (non-hydrogen) atoms. The van der Waals surface area contributed by atoms with Crippen molar-refractivity contribution in [1.29, 1.82) is 0 Å². The molecule has 1 fully saturated rings. The van der Waals surface area contributed by atoms with E-state index in [0.29, 0.717) is 18.8 Å². The fourth-order valence-electron chi connectivity index (χ4n) is 4.10. The number of Topliss-reactive ketones (excluding diaryl/α,β-unsaturated/α-hetero) is 1. The molecule has 2 aromatic rings. The Morgan fingerprint density at radius 3 is 2.84 bits per heavy atom. The smallest absolute Gasteiger partial charge is 0.295 e. The Hall–Kier alpha value is -2.64. The molecule has 1 atom stereocenters. The maximum atomic E-state index is 13.1. The number of fused-ring (bicyclic) bond motifs is 1. The molecule has 2 aliphatic heterocycles. The largest absolute Gasteiger partial charge is 0.507 e. The van der Waals surface area contributed by atoms with Crippen molar-refractivity contribution in [2.24, 2.45) is 0 Å². The Balaban J connectivity index is 1.77. The van der Waals surface area contributed by atoms with E-state index in [1.165, 1.54) is 16.2 Å². The molecule has 0 saturated carbocycles. The zero-order valence-corrected chi connectivity index (χ0v) is 18.8. The van der Waals surface area contributed by atoms with E-state index in [1.54, 1.807) is 6.07 Å². The molecule has 7 heteroatoms. The maximum Gasteiger partial charge on any atom is 0.295 e. The average molecular weight is 442 g/mol. The number of aryl methyl sites for hydroxylation is 2. The normalized spacial score (nSPS) is 20.3. The molecular formula is C24H27NO5S. The minimum absolute atomic E-state index is 0.0245. The van der Waals surface area contributed by atoms with Gasteiger partial charge < -0.3 is 19.5 Å². The number of hydrogen-bond donors (Lipinski definition) is 1. The van der Waals surface area contributed by atoms with Crippen molar-refractivity contribution in [3.8, 4) is 5.75 Å². The van der Waals surface area contributed by atoms with Gasteiger partial charge in [0, 0.05) is 17.0 Å². The van der Waals surface area contributed by atoms with Crippen molar-refractivity contribution >= 4 is 28.8 Å². The molecule has 164 valence electrons. The summed E-state index contributed by atoms with van der Waals surface area (Å²) in [4.78, 5) is 28.4. The van der Waals surface area contributed by atoms with E-state index in [1.807, 2.05) is 44.4 Å². The van der Waals surface area contributed by atoms with Crippen LogP contribution < -0.4 is 4.74 Å². The van der Waals surface area contributed by atoms with Crippen LogP contribution in [0.5, 0.6) is 5.75 Å². The van der Waals surface area contributed by atoms with Gasteiger partial charge in [-0.15, -0.1) is 11.3 Å².